The lowest BCUT2D eigenvalue weighted by atomic mass is 10.1. The summed E-state index contributed by atoms with van der Waals surface area (Å²) in [7, 11) is 0. The van der Waals surface area contributed by atoms with Crippen molar-refractivity contribution in [2.75, 3.05) is 6.54 Å². The van der Waals surface area contributed by atoms with Crippen LogP contribution < -0.4 is 10.6 Å². The third kappa shape index (κ3) is 3.72. The maximum Gasteiger partial charge on any atom is 0.237 e. The quantitative estimate of drug-likeness (QED) is 0.867. The summed E-state index contributed by atoms with van der Waals surface area (Å²) >= 11 is 0. The van der Waals surface area contributed by atoms with Crippen molar-refractivity contribution >= 4 is 18.3 Å². The van der Waals surface area contributed by atoms with E-state index in [-0.39, 0.29) is 30.4 Å². The molecule has 1 heterocycles. The van der Waals surface area contributed by atoms with E-state index in [1.54, 1.807) is 0 Å². The molecular weight excluding hydrogens is 236 g/mol. The van der Waals surface area contributed by atoms with E-state index in [1.165, 1.54) is 0 Å². The molecule has 4 heteroatoms. The predicted molar refractivity (Wildman–Crippen MR) is 71.3 cm³/mol. The van der Waals surface area contributed by atoms with Crippen molar-refractivity contribution in [1.29, 1.82) is 0 Å². The van der Waals surface area contributed by atoms with Crippen molar-refractivity contribution in [3.8, 4) is 0 Å². The van der Waals surface area contributed by atoms with Gasteiger partial charge in [-0.1, -0.05) is 30.3 Å². The van der Waals surface area contributed by atoms with Crippen LogP contribution in [0.5, 0.6) is 0 Å². The molecule has 1 amide bonds. The number of amides is 1. The van der Waals surface area contributed by atoms with Gasteiger partial charge in [-0.2, -0.15) is 0 Å². The van der Waals surface area contributed by atoms with Crippen molar-refractivity contribution in [3.63, 3.8) is 0 Å². The molecule has 2 atom stereocenters. The Morgan fingerprint density at radius 3 is 2.71 bits per heavy atom. The van der Waals surface area contributed by atoms with Gasteiger partial charge in [0, 0.05) is 0 Å². The van der Waals surface area contributed by atoms with Crippen molar-refractivity contribution in [2.45, 2.75) is 31.8 Å². The van der Waals surface area contributed by atoms with Crippen LogP contribution in [0.1, 0.15) is 31.4 Å². The van der Waals surface area contributed by atoms with Crippen LogP contribution in [0, 0.1) is 0 Å². The molecule has 3 nitrogen and oxygen atoms in total. The smallest absolute Gasteiger partial charge is 0.237 e. The van der Waals surface area contributed by atoms with Gasteiger partial charge in [-0.25, -0.2) is 0 Å². The number of halogens is 1. The Balaban J connectivity index is 0.00000144. The molecule has 1 aromatic rings. The highest BCUT2D eigenvalue weighted by Crippen LogP contribution is 2.12. The lowest BCUT2D eigenvalue weighted by Crippen LogP contribution is -2.41. The normalized spacial score (nSPS) is 20.4. The third-order valence-corrected chi connectivity index (χ3v) is 3.04. The monoisotopic (exact) mass is 254 g/mol. The van der Waals surface area contributed by atoms with Crippen molar-refractivity contribution in [2.24, 2.45) is 0 Å². The van der Waals surface area contributed by atoms with Crippen LogP contribution in [0.4, 0.5) is 0 Å². The van der Waals surface area contributed by atoms with Gasteiger partial charge >= 0.3 is 0 Å². The minimum atomic E-state index is 0. The molecule has 0 aliphatic carbocycles. The molecule has 1 aliphatic heterocycles. The molecule has 2 rings (SSSR count). The first-order chi connectivity index (χ1) is 7.77. The number of hydrogen-bond donors (Lipinski definition) is 2. The maximum absolute atomic E-state index is 11.9. The molecule has 0 saturated carbocycles. The topological polar surface area (TPSA) is 41.1 Å². The zero-order valence-corrected chi connectivity index (χ0v) is 10.8. The fraction of sp³-hybridized carbons (Fsp3) is 0.462. The number of carbonyl (C=O) groups excluding carboxylic acids is 1. The first-order valence-corrected chi connectivity index (χ1v) is 5.86. The lowest BCUT2D eigenvalue weighted by Gasteiger charge is -2.17. The van der Waals surface area contributed by atoms with E-state index in [9.17, 15) is 4.79 Å². The van der Waals surface area contributed by atoms with Crippen molar-refractivity contribution < 1.29 is 4.79 Å². The van der Waals surface area contributed by atoms with Crippen molar-refractivity contribution in [3.05, 3.63) is 35.9 Å². The second kappa shape index (κ2) is 6.62. The first-order valence-electron chi connectivity index (χ1n) is 5.86. The summed E-state index contributed by atoms with van der Waals surface area (Å²) in [6.07, 6.45) is 2.05. The summed E-state index contributed by atoms with van der Waals surface area (Å²) in [5.41, 5.74) is 1.15. The molecule has 1 saturated heterocycles. The van der Waals surface area contributed by atoms with Crippen LogP contribution in [0.25, 0.3) is 0 Å². The number of hydrogen-bond acceptors (Lipinski definition) is 2. The highest BCUT2D eigenvalue weighted by molar-refractivity contribution is 5.85. The van der Waals surface area contributed by atoms with E-state index in [0.29, 0.717) is 0 Å². The largest absolute Gasteiger partial charge is 0.348 e. The summed E-state index contributed by atoms with van der Waals surface area (Å²) in [5.74, 6) is 0.119. The molecule has 0 radical (unpaired) electrons. The number of nitrogens with one attached hydrogen (secondary N) is 2. The number of rotatable bonds is 3. The average molecular weight is 255 g/mol. The van der Waals surface area contributed by atoms with E-state index in [0.717, 1.165) is 24.9 Å². The number of benzene rings is 1. The second-order valence-electron chi connectivity index (χ2n) is 4.29. The lowest BCUT2D eigenvalue weighted by molar-refractivity contribution is -0.123. The van der Waals surface area contributed by atoms with Gasteiger partial charge < -0.3 is 10.6 Å². The molecule has 94 valence electrons. The van der Waals surface area contributed by atoms with E-state index >= 15 is 0 Å². The summed E-state index contributed by atoms with van der Waals surface area (Å²) in [6.45, 7) is 2.97. The Labute approximate surface area is 108 Å². The maximum atomic E-state index is 11.9. The second-order valence-corrected chi connectivity index (χ2v) is 4.29. The van der Waals surface area contributed by atoms with Crippen LogP contribution in [0.3, 0.4) is 0 Å². The van der Waals surface area contributed by atoms with Crippen LogP contribution in [0.2, 0.25) is 0 Å². The molecule has 1 aromatic carbocycles. The Kier molecular flexibility index (Phi) is 5.45. The Morgan fingerprint density at radius 2 is 2.12 bits per heavy atom. The Hall–Kier alpha value is -1.06. The van der Waals surface area contributed by atoms with Gasteiger partial charge in [-0.05, 0) is 31.9 Å². The standard InChI is InChI=1S/C13H18N2O.ClH/c1-10(11-6-3-2-4-7-11)15-13(16)12-8-5-9-14-12;/h2-4,6-7,10,12,14H,5,8-9H2,1H3,(H,15,16);1H/t10-,12+;/m1./s1. The molecule has 17 heavy (non-hydrogen) atoms. The zero-order chi connectivity index (χ0) is 11.4. The van der Waals surface area contributed by atoms with Crippen LogP contribution in [-0.4, -0.2) is 18.5 Å². The minimum Gasteiger partial charge on any atom is -0.348 e. The van der Waals surface area contributed by atoms with Gasteiger partial charge in [-0.15, -0.1) is 12.4 Å². The van der Waals surface area contributed by atoms with Crippen LogP contribution >= 0.6 is 12.4 Å². The molecule has 0 spiro atoms. The predicted octanol–water partition coefficient (Wildman–Crippen LogP) is 2.04. The SMILES string of the molecule is C[C@@H](NC(=O)[C@@H]1CCCN1)c1ccccc1.Cl. The Bertz CT molecular complexity index is 350. The highest BCUT2D eigenvalue weighted by Gasteiger charge is 2.23. The zero-order valence-electron chi connectivity index (χ0n) is 9.98. The molecule has 2 N–H and O–H groups in total. The molecule has 1 fully saturated rings. The van der Waals surface area contributed by atoms with Gasteiger partial charge in [0.15, 0.2) is 0 Å². The fourth-order valence-corrected chi connectivity index (χ4v) is 2.05. The minimum absolute atomic E-state index is 0. The number of carbonyl (C=O) groups is 1. The molecule has 0 bridgehead atoms. The molecule has 0 unspecified atom stereocenters. The average Bonchev–Trinajstić information content (AvgIpc) is 2.83. The summed E-state index contributed by atoms with van der Waals surface area (Å²) in [5, 5.41) is 6.24. The molecule has 1 aliphatic rings. The van der Waals surface area contributed by atoms with Gasteiger partial charge in [-0.3, -0.25) is 4.79 Å². The summed E-state index contributed by atoms with van der Waals surface area (Å²) in [4.78, 5) is 11.9. The van der Waals surface area contributed by atoms with Gasteiger partial charge in [0.05, 0.1) is 12.1 Å². The van der Waals surface area contributed by atoms with Crippen LogP contribution in [0.15, 0.2) is 30.3 Å². The summed E-state index contributed by atoms with van der Waals surface area (Å²) < 4.78 is 0. The summed E-state index contributed by atoms with van der Waals surface area (Å²) in [6, 6.07) is 10.1. The van der Waals surface area contributed by atoms with Crippen molar-refractivity contribution in [1.82, 2.24) is 10.6 Å². The van der Waals surface area contributed by atoms with E-state index in [2.05, 4.69) is 10.6 Å². The van der Waals surface area contributed by atoms with E-state index in [4.69, 9.17) is 0 Å². The highest BCUT2D eigenvalue weighted by atomic mass is 35.5. The van der Waals surface area contributed by atoms with Gasteiger partial charge in [0.2, 0.25) is 5.91 Å². The van der Waals surface area contributed by atoms with Gasteiger partial charge in [0.25, 0.3) is 0 Å². The molecular formula is C13H19ClN2O. The van der Waals surface area contributed by atoms with E-state index in [1.807, 2.05) is 37.3 Å². The Morgan fingerprint density at radius 1 is 1.41 bits per heavy atom. The van der Waals surface area contributed by atoms with Gasteiger partial charge in [0.1, 0.15) is 0 Å². The molecule has 0 aromatic heterocycles. The van der Waals surface area contributed by atoms with Crippen LogP contribution in [-0.2, 0) is 4.79 Å². The van der Waals surface area contributed by atoms with E-state index < -0.39 is 0 Å². The third-order valence-electron chi connectivity index (χ3n) is 3.04. The first kappa shape index (κ1) is 14.0. The fourth-order valence-electron chi connectivity index (χ4n) is 2.05.